The van der Waals surface area contributed by atoms with E-state index in [-0.39, 0.29) is 5.69 Å². The zero-order valence-corrected chi connectivity index (χ0v) is 11.9. The number of aromatic nitrogens is 3. The van der Waals surface area contributed by atoms with Gasteiger partial charge in [-0.05, 0) is 25.8 Å². The van der Waals surface area contributed by atoms with Crippen LogP contribution in [0.15, 0.2) is 12.1 Å². The minimum absolute atomic E-state index is 0.179. The highest BCUT2D eigenvalue weighted by molar-refractivity contribution is 5.71. The molecule has 0 amide bonds. The van der Waals surface area contributed by atoms with Gasteiger partial charge in [0.15, 0.2) is 17.5 Å². The van der Waals surface area contributed by atoms with Gasteiger partial charge in [0.05, 0.1) is 0 Å². The molecule has 0 unspecified atom stereocenters. The van der Waals surface area contributed by atoms with E-state index in [1.165, 1.54) is 6.42 Å². The molecule has 0 radical (unpaired) electrons. The van der Waals surface area contributed by atoms with Crippen molar-refractivity contribution in [1.82, 2.24) is 14.8 Å². The van der Waals surface area contributed by atoms with Gasteiger partial charge in [0.2, 0.25) is 0 Å². The highest BCUT2D eigenvalue weighted by Crippen LogP contribution is 2.34. The SMILES string of the molecule is Cc1nnc(-c2cc(F)c(F)cc2N)n1C1CCCCC1. The molecule has 2 N–H and O–H groups in total. The van der Waals surface area contributed by atoms with Crippen molar-refractivity contribution in [2.24, 2.45) is 0 Å². The quantitative estimate of drug-likeness (QED) is 0.860. The minimum Gasteiger partial charge on any atom is -0.398 e. The Hall–Kier alpha value is -1.98. The average molecular weight is 292 g/mol. The molecule has 0 saturated heterocycles. The van der Waals surface area contributed by atoms with Gasteiger partial charge in [-0.25, -0.2) is 8.78 Å². The summed E-state index contributed by atoms with van der Waals surface area (Å²) in [4.78, 5) is 0. The highest BCUT2D eigenvalue weighted by Gasteiger charge is 2.23. The average Bonchev–Trinajstić information content (AvgIpc) is 2.85. The largest absolute Gasteiger partial charge is 0.398 e. The summed E-state index contributed by atoms with van der Waals surface area (Å²) in [5.41, 5.74) is 6.42. The van der Waals surface area contributed by atoms with Crippen LogP contribution in [0.2, 0.25) is 0 Å². The molecule has 3 rings (SSSR count). The first-order chi connectivity index (χ1) is 10.1. The van der Waals surface area contributed by atoms with Crippen LogP contribution < -0.4 is 5.73 Å². The fourth-order valence-corrected chi connectivity index (χ4v) is 3.09. The van der Waals surface area contributed by atoms with Gasteiger partial charge in [-0.3, -0.25) is 0 Å². The van der Waals surface area contributed by atoms with Crippen molar-refractivity contribution in [3.8, 4) is 11.4 Å². The van der Waals surface area contributed by atoms with E-state index in [9.17, 15) is 8.78 Å². The maximum absolute atomic E-state index is 13.5. The Balaban J connectivity index is 2.09. The lowest BCUT2D eigenvalue weighted by Gasteiger charge is -2.25. The van der Waals surface area contributed by atoms with E-state index < -0.39 is 11.6 Å². The first kappa shape index (κ1) is 14.0. The van der Waals surface area contributed by atoms with Crippen molar-refractivity contribution in [1.29, 1.82) is 0 Å². The molecule has 2 aromatic rings. The van der Waals surface area contributed by atoms with Crippen molar-refractivity contribution in [3.63, 3.8) is 0 Å². The maximum Gasteiger partial charge on any atom is 0.166 e. The van der Waals surface area contributed by atoms with Crippen LogP contribution in [-0.2, 0) is 0 Å². The van der Waals surface area contributed by atoms with Gasteiger partial charge in [0.25, 0.3) is 0 Å². The van der Waals surface area contributed by atoms with Gasteiger partial charge in [0, 0.05) is 23.4 Å². The second-order valence-electron chi connectivity index (χ2n) is 5.59. The standard InChI is InChI=1S/C15H18F2N4/c1-9-19-20-15(21(9)10-5-3-2-4-6-10)11-7-12(16)13(17)8-14(11)18/h7-8,10H,2-6,18H2,1H3. The van der Waals surface area contributed by atoms with Crippen molar-refractivity contribution < 1.29 is 8.78 Å². The molecule has 0 aliphatic heterocycles. The number of hydrogen-bond acceptors (Lipinski definition) is 3. The van der Waals surface area contributed by atoms with Crippen LogP contribution in [0.3, 0.4) is 0 Å². The number of nitrogen functional groups attached to an aromatic ring is 1. The Labute approximate surface area is 122 Å². The van der Waals surface area contributed by atoms with Gasteiger partial charge in [-0.2, -0.15) is 0 Å². The third-order valence-electron chi connectivity index (χ3n) is 4.14. The molecule has 4 nitrogen and oxygen atoms in total. The van der Waals surface area contributed by atoms with E-state index in [0.717, 1.165) is 43.6 Å². The van der Waals surface area contributed by atoms with Crippen LogP contribution in [0.4, 0.5) is 14.5 Å². The van der Waals surface area contributed by atoms with Crippen molar-refractivity contribution in [3.05, 3.63) is 29.6 Å². The molecule has 1 saturated carbocycles. The van der Waals surface area contributed by atoms with Crippen molar-refractivity contribution in [2.75, 3.05) is 5.73 Å². The first-order valence-corrected chi connectivity index (χ1v) is 7.24. The molecule has 1 heterocycles. The van der Waals surface area contributed by atoms with E-state index in [4.69, 9.17) is 5.73 Å². The summed E-state index contributed by atoms with van der Waals surface area (Å²) >= 11 is 0. The number of anilines is 1. The van der Waals surface area contributed by atoms with Gasteiger partial charge in [0.1, 0.15) is 5.82 Å². The lowest BCUT2D eigenvalue weighted by molar-refractivity contribution is 0.350. The molecular formula is C15H18F2N4. The van der Waals surface area contributed by atoms with Crippen molar-refractivity contribution in [2.45, 2.75) is 45.1 Å². The Bertz CT molecular complexity index is 660. The lowest BCUT2D eigenvalue weighted by atomic mass is 9.95. The van der Waals surface area contributed by atoms with Gasteiger partial charge in [-0.15, -0.1) is 10.2 Å². The lowest BCUT2D eigenvalue weighted by Crippen LogP contribution is -2.15. The molecule has 112 valence electrons. The van der Waals surface area contributed by atoms with E-state index in [1.807, 2.05) is 11.5 Å². The van der Waals surface area contributed by atoms with Crippen LogP contribution >= 0.6 is 0 Å². The second-order valence-corrected chi connectivity index (χ2v) is 5.59. The molecule has 0 spiro atoms. The molecule has 1 aliphatic rings. The first-order valence-electron chi connectivity index (χ1n) is 7.24. The summed E-state index contributed by atoms with van der Waals surface area (Å²) in [6.07, 6.45) is 5.66. The molecule has 1 aliphatic carbocycles. The third-order valence-corrected chi connectivity index (χ3v) is 4.14. The topological polar surface area (TPSA) is 56.7 Å². The molecule has 21 heavy (non-hydrogen) atoms. The van der Waals surface area contributed by atoms with E-state index in [0.29, 0.717) is 17.4 Å². The van der Waals surface area contributed by atoms with Crippen molar-refractivity contribution >= 4 is 5.69 Å². The summed E-state index contributed by atoms with van der Waals surface area (Å²) in [6, 6.07) is 2.41. The minimum atomic E-state index is -0.947. The summed E-state index contributed by atoms with van der Waals surface area (Å²) in [7, 11) is 0. The van der Waals surface area contributed by atoms with E-state index in [2.05, 4.69) is 10.2 Å². The second kappa shape index (κ2) is 5.42. The number of aryl methyl sites for hydroxylation is 1. The Morgan fingerprint density at radius 2 is 1.76 bits per heavy atom. The van der Waals surface area contributed by atoms with Gasteiger partial charge >= 0.3 is 0 Å². The zero-order chi connectivity index (χ0) is 15.0. The van der Waals surface area contributed by atoms with Crippen LogP contribution in [0.5, 0.6) is 0 Å². The van der Waals surface area contributed by atoms with Gasteiger partial charge < -0.3 is 10.3 Å². The summed E-state index contributed by atoms with van der Waals surface area (Å²) < 4.78 is 28.8. The molecule has 1 fully saturated rings. The van der Waals surface area contributed by atoms with E-state index >= 15 is 0 Å². The molecule has 0 atom stereocenters. The summed E-state index contributed by atoms with van der Waals surface area (Å²) in [6.45, 7) is 1.88. The predicted molar refractivity (Wildman–Crippen MR) is 76.6 cm³/mol. The predicted octanol–water partition coefficient (Wildman–Crippen LogP) is 3.62. The zero-order valence-electron chi connectivity index (χ0n) is 11.9. The summed E-state index contributed by atoms with van der Waals surface area (Å²) in [5, 5.41) is 8.24. The van der Waals surface area contributed by atoms with E-state index in [1.54, 1.807) is 0 Å². The smallest absolute Gasteiger partial charge is 0.166 e. The number of rotatable bonds is 2. The van der Waals surface area contributed by atoms with Gasteiger partial charge in [-0.1, -0.05) is 19.3 Å². The number of hydrogen-bond donors (Lipinski definition) is 1. The van der Waals surface area contributed by atoms with Crippen LogP contribution in [-0.4, -0.2) is 14.8 Å². The monoisotopic (exact) mass is 292 g/mol. The molecule has 6 heteroatoms. The molecule has 0 bridgehead atoms. The Morgan fingerprint density at radius 3 is 2.48 bits per heavy atom. The Kier molecular flexibility index (Phi) is 3.61. The van der Waals surface area contributed by atoms with Crippen LogP contribution in [0.1, 0.15) is 44.0 Å². The molecular weight excluding hydrogens is 274 g/mol. The van der Waals surface area contributed by atoms with Crippen LogP contribution in [0, 0.1) is 18.6 Å². The third kappa shape index (κ3) is 2.50. The number of nitrogens with zero attached hydrogens (tertiary/aromatic N) is 3. The maximum atomic E-state index is 13.5. The fourth-order valence-electron chi connectivity index (χ4n) is 3.09. The van der Waals surface area contributed by atoms with Crippen LogP contribution in [0.25, 0.3) is 11.4 Å². The summed E-state index contributed by atoms with van der Waals surface area (Å²) in [5.74, 6) is -0.566. The normalized spacial score (nSPS) is 16.3. The number of benzene rings is 1. The fraction of sp³-hybridized carbons (Fsp3) is 0.467. The Morgan fingerprint density at radius 1 is 1.10 bits per heavy atom. The molecule has 1 aromatic heterocycles. The number of halogens is 2. The molecule has 1 aromatic carbocycles. The highest BCUT2D eigenvalue weighted by atomic mass is 19.2. The number of nitrogens with two attached hydrogens (primary N) is 1.